The van der Waals surface area contributed by atoms with Gasteiger partial charge in [0.25, 0.3) is 0 Å². The van der Waals surface area contributed by atoms with E-state index >= 15 is 0 Å². The van der Waals surface area contributed by atoms with Gasteiger partial charge in [0.15, 0.2) is 17.9 Å². The predicted octanol–water partition coefficient (Wildman–Crippen LogP) is -1.58. The number of ether oxygens (including phenoxy) is 3. The number of carbonyl (C=O) groups excluding carboxylic acids is 3. The molecule has 0 bridgehead atoms. The number of hydrazine groups is 1. The van der Waals surface area contributed by atoms with Gasteiger partial charge in [-0.3, -0.25) is 29.4 Å². The van der Waals surface area contributed by atoms with E-state index in [4.69, 9.17) is 29.5 Å². The number of nitrogens with one attached hydrogen (secondary N) is 2. The quantitative estimate of drug-likeness (QED) is 0.0735. The van der Waals surface area contributed by atoms with Crippen molar-refractivity contribution in [1.82, 2.24) is 10.9 Å². The van der Waals surface area contributed by atoms with Gasteiger partial charge < -0.3 is 60.2 Å². The highest BCUT2D eigenvalue weighted by Gasteiger charge is 2.50. The Kier molecular flexibility index (Phi) is 12.9. The predicted molar refractivity (Wildman–Crippen MR) is 176 cm³/mol. The number of carbonyl (C=O) groups is 5. The Bertz CT molecular complexity index is 1760. The molecule has 0 aromatic heterocycles. The molecule has 8 atom stereocenters. The largest absolute Gasteiger partial charge is 0.507 e. The van der Waals surface area contributed by atoms with Crippen LogP contribution in [0.15, 0.2) is 18.2 Å². The molecule has 5 unspecified atom stereocenters. The van der Waals surface area contributed by atoms with E-state index in [9.17, 15) is 54.6 Å². The monoisotopic (exact) mass is 750 g/mol. The van der Waals surface area contributed by atoms with Gasteiger partial charge in [-0.25, -0.2) is 5.43 Å². The van der Waals surface area contributed by atoms with E-state index in [1.54, 1.807) is 0 Å². The van der Waals surface area contributed by atoms with Gasteiger partial charge >= 0.3 is 11.9 Å². The number of carboxylic acid groups (broad SMARTS) is 2. The molecule has 2 aromatic carbocycles. The molecular formula is C34H42N2O17. The lowest BCUT2D eigenvalue weighted by atomic mass is 9.72. The fourth-order valence-electron chi connectivity index (χ4n) is 6.44. The van der Waals surface area contributed by atoms with E-state index in [0.717, 1.165) is 0 Å². The topological polar surface area (TPSA) is 319 Å². The third kappa shape index (κ3) is 8.33. The highest BCUT2D eigenvalue weighted by Crippen LogP contribution is 2.52. The van der Waals surface area contributed by atoms with Crippen molar-refractivity contribution in [2.75, 3.05) is 20.3 Å². The number of aromatic hydroxyl groups is 2. The lowest BCUT2D eigenvalue weighted by Gasteiger charge is -2.43. The van der Waals surface area contributed by atoms with Crippen molar-refractivity contribution in [2.24, 2.45) is 0 Å². The summed E-state index contributed by atoms with van der Waals surface area (Å²) in [7, 11) is 1.28. The number of ketones is 3. The minimum absolute atomic E-state index is 0.0348. The number of aliphatic hydroxyl groups excluding tert-OH is 4. The van der Waals surface area contributed by atoms with Crippen molar-refractivity contribution in [3.8, 4) is 17.2 Å². The van der Waals surface area contributed by atoms with Crippen molar-refractivity contribution >= 4 is 29.3 Å². The van der Waals surface area contributed by atoms with Crippen LogP contribution in [0.5, 0.6) is 17.2 Å². The smallest absolute Gasteiger partial charge is 0.322 e. The molecule has 2 aliphatic carbocycles. The molecule has 19 heteroatoms. The summed E-state index contributed by atoms with van der Waals surface area (Å²) in [4.78, 5) is 62.8. The summed E-state index contributed by atoms with van der Waals surface area (Å²) in [6.45, 7) is 1.73. The van der Waals surface area contributed by atoms with Crippen molar-refractivity contribution in [2.45, 2.75) is 87.9 Å². The first kappa shape index (κ1) is 41.2. The van der Waals surface area contributed by atoms with Crippen LogP contribution in [0, 0.1) is 0 Å². The van der Waals surface area contributed by atoms with Gasteiger partial charge in [-0.05, 0) is 19.9 Å². The number of hydrogen-bond donors (Lipinski definition) is 11. The Morgan fingerprint density at radius 2 is 1.70 bits per heavy atom. The molecule has 0 radical (unpaired) electrons. The average molecular weight is 751 g/mol. The van der Waals surface area contributed by atoms with Crippen LogP contribution in [0.1, 0.15) is 82.2 Å². The number of rotatable bonds is 12. The lowest BCUT2D eigenvalue weighted by molar-refractivity contribution is -0.250. The second kappa shape index (κ2) is 16.6. The first-order chi connectivity index (χ1) is 24.9. The molecule has 19 nitrogen and oxygen atoms in total. The van der Waals surface area contributed by atoms with Crippen molar-refractivity contribution in [3.63, 3.8) is 0 Å². The molecule has 0 saturated carbocycles. The molecule has 290 valence electrons. The number of hydrogen-bond acceptors (Lipinski definition) is 17. The SMILES string of the molecule is CC(O)CO.COc1cccc2c1C(=O)c1c(O)c3c(c(O)c1C2=O)C[C@@](O)(C(=O)CO)C[C@@H]3OC1CC(NN[C@@H](CC(=O)O)C(=O)O)C(O)C(C)O1. The molecule has 1 fully saturated rings. The molecule has 53 heavy (non-hydrogen) atoms. The van der Waals surface area contributed by atoms with Crippen molar-refractivity contribution < 1.29 is 84.1 Å². The Morgan fingerprint density at radius 1 is 1.06 bits per heavy atom. The van der Waals surface area contributed by atoms with Gasteiger partial charge in [-0.2, -0.15) is 0 Å². The van der Waals surface area contributed by atoms with Crippen LogP contribution in [0.4, 0.5) is 0 Å². The summed E-state index contributed by atoms with van der Waals surface area (Å²) in [6, 6.07) is 1.65. The lowest BCUT2D eigenvalue weighted by Crippen LogP contribution is -2.60. The molecule has 3 aliphatic rings. The van der Waals surface area contributed by atoms with Crippen LogP contribution < -0.4 is 15.6 Å². The summed E-state index contributed by atoms with van der Waals surface area (Å²) < 4.78 is 17.2. The number of Topliss-reactive ketones (excluding diaryl/α,β-unsaturated/α-hetero) is 1. The fourth-order valence-corrected chi connectivity index (χ4v) is 6.44. The van der Waals surface area contributed by atoms with Crippen LogP contribution in [0.3, 0.4) is 0 Å². The first-order valence-electron chi connectivity index (χ1n) is 16.4. The van der Waals surface area contributed by atoms with E-state index < -0.39 is 126 Å². The minimum atomic E-state index is -2.38. The molecule has 0 spiro atoms. The Morgan fingerprint density at radius 3 is 2.26 bits per heavy atom. The molecule has 1 aliphatic heterocycles. The normalized spacial score (nSPS) is 25.8. The Balaban J connectivity index is 0.00000117. The highest BCUT2D eigenvalue weighted by atomic mass is 16.7. The van der Waals surface area contributed by atoms with E-state index in [1.165, 1.54) is 39.2 Å². The number of aliphatic carboxylic acids is 2. The number of carboxylic acids is 2. The zero-order chi connectivity index (χ0) is 39.5. The van der Waals surface area contributed by atoms with Gasteiger partial charge in [-0.1, -0.05) is 12.1 Å². The van der Waals surface area contributed by atoms with Crippen molar-refractivity contribution in [3.05, 3.63) is 51.6 Å². The van der Waals surface area contributed by atoms with E-state index in [-0.39, 0.29) is 41.0 Å². The van der Waals surface area contributed by atoms with Crippen molar-refractivity contribution in [1.29, 1.82) is 0 Å². The summed E-state index contributed by atoms with van der Waals surface area (Å²) in [5.74, 6) is -7.16. The van der Waals surface area contributed by atoms with Crippen LogP contribution in [0.25, 0.3) is 0 Å². The maximum Gasteiger partial charge on any atom is 0.322 e. The minimum Gasteiger partial charge on any atom is -0.507 e. The van der Waals surface area contributed by atoms with Gasteiger partial charge in [0.2, 0.25) is 5.78 Å². The molecule has 1 heterocycles. The highest BCUT2D eigenvalue weighted by molar-refractivity contribution is 6.31. The number of phenolic OH excluding ortho intramolecular Hbond substituents is 2. The Labute approximate surface area is 301 Å². The van der Waals surface area contributed by atoms with Crippen LogP contribution in [-0.2, 0) is 30.3 Å². The van der Waals surface area contributed by atoms with Gasteiger partial charge in [0, 0.05) is 36.0 Å². The summed E-state index contributed by atoms with van der Waals surface area (Å²) in [6.07, 6.45) is -7.97. The van der Waals surface area contributed by atoms with Crippen LogP contribution >= 0.6 is 0 Å². The summed E-state index contributed by atoms with van der Waals surface area (Å²) in [5.41, 5.74) is 0.640. The average Bonchev–Trinajstić information content (AvgIpc) is 3.11. The molecule has 0 amide bonds. The van der Waals surface area contributed by atoms with E-state index in [2.05, 4.69) is 10.9 Å². The first-order valence-corrected chi connectivity index (χ1v) is 16.4. The van der Waals surface area contributed by atoms with Crippen LogP contribution in [-0.4, -0.2) is 138 Å². The third-order valence-electron chi connectivity index (χ3n) is 9.14. The third-order valence-corrected chi connectivity index (χ3v) is 9.14. The number of fused-ring (bicyclic) bond motifs is 3. The molecule has 11 N–H and O–H groups in total. The number of phenols is 2. The molecular weight excluding hydrogens is 708 g/mol. The molecule has 2 aromatic rings. The zero-order valence-electron chi connectivity index (χ0n) is 28.8. The fraction of sp³-hybridized carbons (Fsp3) is 0.500. The maximum atomic E-state index is 13.8. The number of methoxy groups -OCH3 is 1. The second-order valence-electron chi connectivity index (χ2n) is 12.9. The maximum absolute atomic E-state index is 13.8. The standard InChI is InChI=1S/C31H34N2O15.C3H8O2/c1-11-25(38)14(32-33-15(30(43)44)6-19(36)37)7-20(47-11)48-17-9-31(45,18(35)10-34)8-13-22(17)29(42)24-23(27(13)40)26(39)12-4-3-5-16(46-2)21(12)28(24)41;1-3(5)2-4/h3-5,11,14-15,17,20,25,32-34,38,40,42,45H,6-10H2,1-2H3,(H,36,37)(H,43,44);3-5H,2H2,1H3/t11?,14?,15-,17-,20?,25?,31-;/m0./s1. The van der Waals surface area contributed by atoms with Gasteiger partial charge in [-0.15, -0.1) is 0 Å². The van der Waals surface area contributed by atoms with E-state index in [1.807, 2.05) is 0 Å². The van der Waals surface area contributed by atoms with Gasteiger partial charge in [0.1, 0.15) is 35.5 Å². The molecule has 5 rings (SSSR count). The number of benzene rings is 2. The zero-order valence-corrected chi connectivity index (χ0v) is 28.8. The summed E-state index contributed by atoms with van der Waals surface area (Å²) in [5, 5.41) is 89.3. The summed E-state index contributed by atoms with van der Waals surface area (Å²) >= 11 is 0. The Hall–Kier alpha value is -4.57. The van der Waals surface area contributed by atoms with Gasteiger partial charge in [0.05, 0.1) is 67.3 Å². The number of aliphatic hydroxyl groups is 5. The van der Waals surface area contributed by atoms with Crippen LogP contribution in [0.2, 0.25) is 0 Å². The molecule has 1 saturated heterocycles. The second-order valence-corrected chi connectivity index (χ2v) is 12.9. The van der Waals surface area contributed by atoms with E-state index in [0.29, 0.717) is 0 Å².